The summed E-state index contributed by atoms with van der Waals surface area (Å²) in [5.41, 5.74) is 7.36. The third-order valence-electron chi connectivity index (χ3n) is 7.13. The van der Waals surface area contributed by atoms with Crippen molar-refractivity contribution in [1.29, 1.82) is 5.26 Å². The molecule has 0 unspecified atom stereocenters. The summed E-state index contributed by atoms with van der Waals surface area (Å²) in [5.74, 6) is -1.08. The van der Waals surface area contributed by atoms with Gasteiger partial charge in [0.2, 0.25) is 10.0 Å². The fraction of sp³-hybridized carbons (Fsp3) is 0.333. The lowest BCUT2D eigenvalue weighted by atomic mass is 9.95. The molecule has 1 saturated heterocycles. The van der Waals surface area contributed by atoms with Gasteiger partial charge >= 0.3 is 5.97 Å². The molecule has 0 bridgehead atoms. The van der Waals surface area contributed by atoms with Crippen LogP contribution < -0.4 is 16.2 Å². The van der Waals surface area contributed by atoms with Gasteiger partial charge in [0.15, 0.2) is 0 Å². The van der Waals surface area contributed by atoms with Gasteiger partial charge in [0.25, 0.3) is 5.56 Å². The Morgan fingerprint density at radius 3 is 2.24 bits per heavy atom. The van der Waals surface area contributed by atoms with Crippen LogP contribution in [0.5, 0.6) is 0 Å². The van der Waals surface area contributed by atoms with Crippen LogP contribution in [-0.4, -0.2) is 62.9 Å². The Morgan fingerprint density at radius 1 is 1.07 bits per heavy atom. The van der Waals surface area contributed by atoms with Crippen LogP contribution >= 0.6 is 0 Å². The van der Waals surface area contributed by atoms with E-state index in [9.17, 15) is 23.3 Å². The van der Waals surface area contributed by atoms with Crippen molar-refractivity contribution < 1.29 is 17.9 Å². The zero-order chi connectivity index (χ0) is 30.6. The molecule has 4 rings (SSSR count). The molecule has 2 heterocycles. The molecular formula is C30H34N6O5S. The number of rotatable bonds is 8. The van der Waals surface area contributed by atoms with Crippen LogP contribution in [0.15, 0.2) is 63.3 Å². The molecule has 0 radical (unpaired) electrons. The highest BCUT2D eigenvalue weighted by molar-refractivity contribution is 7.89. The van der Waals surface area contributed by atoms with Crippen molar-refractivity contribution in [3.05, 3.63) is 75.6 Å². The SMILES string of the molecule is CCOC(=O)c1c(-c2ccc(N(C)C)cc2)c(C#N)c(=O)n(/N=C(\C)c2ccc(S(=O)(=O)N3CCCCC3)cc2)c1N. The molecule has 220 valence electrons. The monoisotopic (exact) mass is 590 g/mol. The van der Waals surface area contributed by atoms with Crippen LogP contribution in [0, 0.1) is 11.3 Å². The van der Waals surface area contributed by atoms with Crippen molar-refractivity contribution in [3.8, 4) is 17.2 Å². The average Bonchev–Trinajstić information content (AvgIpc) is 2.99. The average molecular weight is 591 g/mol. The van der Waals surface area contributed by atoms with Gasteiger partial charge in [-0.2, -0.15) is 19.3 Å². The summed E-state index contributed by atoms with van der Waals surface area (Å²) in [5, 5.41) is 14.4. The van der Waals surface area contributed by atoms with Crippen molar-refractivity contribution in [2.24, 2.45) is 5.10 Å². The minimum Gasteiger partial charge on any atom is -0.462 e. The summed E-state index contributed by atoms with van der Waals surface area (Å²) < 4.78 is 33.6. The van der Waals surface area contributed by atoms with Gasteiger partial charge in [-0.25, -0.2) is 13.2 Å². The summed E-state index contributed by atoms with van der Waals surface area (Å²) in [4.78, 5) is 28.8. The first kappa shape index (κ1) is 30.5. The van der Waals surface area contributed by atoms with Crippen molar-refractivity contribution >= 4 is 33.2 Å². The maximum Gasteiger partial charge on any atom is 0.342 e. The van der Waals surface area contributed by atoms with Crippen molar-refractivity contribution in [2.45, 2.75) is 38.0 Å². The predicted octanol–water partition coefficient (Wildman–Crippen LogP) is 3.66. The summed E-state index contributed by atoms with van der Waals surface area (Å²) in [6, 6.07) is 15.1. The van der Waals surface area contributed by atoms with Gasteiger partial charge in [-0.1, -0.05) is 30.7 Å². The number of sulfonamides is 1. The second-order valence-corrected chi connectivity index (χ2v) is 12.0. The molecule has 2 aromatic carbocycles. The number of ether oxygens (including phenoxy) is 1. The number of nitrogen functional groups attached to an aromatic ring is 1. The molecule has 3 aromatic rings. The number of nitrogens with two attached hydrogens (primary N) is 1. The zero-order valence-electron chi connectivity index (χ0n) is 24.1. The molecule has 2 N–H and O–H groups in total. The van der Waals surface area contributed by atoms with E-state index < -0.39 is 21.6 Å². The number of benzene rings is 2. The summed E-state index contributed by atoms with van der Waals surface area (Å²) >= 11 is 0. The standard InChI is InChI=1S/C30H34N6O5S/c1-5-41-30(38)27-26(22-9-13-23(14-10-22)34(3)4)25(19-31)29(37)36(28(27)32)33-20(2)21-11-15-24(16-12-21)42(39,40)35-17-7-6-8-18-35/h9-16H,5-8,17-18,32H2,1-4H3/b33-20+. The fourth-order valence-electron chi connectivity index (χ4n) is 4.84. The zero-order valence-corrected chi connectivity index (χ0v) is 24.9. The lowest BCUT2D eigenvalue weighted by molar-refractivity contribution is 0.0527. The van der Waals surface area contributed by atoms with Crippen LogP contribution in [-0.2, 0) is 14.8 Å². The third kappa shape index (κ3) is 5.93. The molecule has 1 aliphatic rings. The number of esters is 1. The van der Waals surface area contributed by atoms with Crippen LogP contribution in [0.2, 0.25) is 0 Å². The first-order chi connectivity index (χ1) is 20.0. The number of hydrogen-bond acceptors (Lipinski definition) is 9. The van der Waals surface area contributed by atoms with Gasteiger partial charge in [-0.3, -0.25) is 4.79 Å². The normalized spacial score (nSPS) is 14.3. The van der Waals surface area contributed by atoms with Crippen LogP contribution in [0.1, 0.15) is 54.6 Å². The Morgan fingerprint density at radius 2 is 1.69 bits per heavy atom. The molecule has 0 aliphatic carbocycles. The van der Waals surface area contributed by atoms with Gasteiger partial charge in [-0.05, 0) is 62.1 Å². The minimum atomic E-state index is -3.62. The van der Waals surface area contributed by atoms with Crippen molar-refractivity contribution in [3.63, 3.8) is 0 Å². The first-order valence-electron chi connectivity index (χ1n) is 13.6. The van der Waals surface area contributed by atoms with Crippen LogP contribution in [0.3, 0.4) is 0 Å². The summed E-state index contributed by atoms with van der Waals surface area (Å²) in [7, 11) is 0.134. The van der Waals surface area contributed by atoms with E-state index in [2.05, 4.69) is 5.10 Å². The largest absolute Gasteiger partial charge is 0.462 e. The van der Waals surface area contributed by atoms with E-state index in [0.717, 1.165) is 29.6 Å². The molecule has 0 atom stereocenters. The maximum atomic E-state index is 13.6. The highest BCUT2D eigenvalue weighted by Gasteiger charge is 2.28. The van der Waals surface area contributed by atoms with Gasteiger partial charge in [-0.15, -0.1) is 0 Å². The number of piperidine rings is 1. The van der Waals surface area contributed by atoms with Gasteiger partial charge in [0, 0.05) is 38.4 Å². The van der Waals surface area contributed by atoms with E-state index in [4.69, 9.17) is 10.5 Å². The van der Waals surface area contributed by atoms with E-state index >= 15 is 0 Å². The topological polar surface area (TPSA) is 151 Å². The van der Waals surface area contributed by atoms with E-state index in [1.54, 1.807) is 50.2 Å². The van der Waals surface area contributed by atoms with Gasteiger partial charge in [0.1, 0.15) is 23.0 Å². The Bertz CT molecular complexity index is 1710. The van der Waals surface area contributed by atoms with Gasteiger partial charge in [0.05, 0.1) is 17.2 Å². The van der Waals surface area contributed by atoms with E-state index in [-0.39, 0.29) is 34.0 Å². The van der Waals surface area contributed by atoms with Crippen molar-refractivity contribution in [2.75, 3.05) is 44.4 Å². The third-order valence-corrected chi connectivity index (χ3v) is 9.04. The minimum absolute atomic E-state index is 0.0489. The van der Waals surface area contributed by atoms with Crippen LogP contribution in [0.4, 0.5) is 11.5 Å². The fourth-order valence-corrected chi connectivity index (χ4v) is 6.36. The number of anilines is 2. The Balaban J connectivity index is 1.81. The Labute approximate surface area is 245 Å². The number of nitriles is 1. The van der Waals surface area contributed by atoms with E-state index in [1.807, 2.05) is 25.1 Å². The van der Waals surface area contributed by atoms with Crippen molar-refractivity contribution in [1.82, 2.24) is 8.98 Å². The Kier molecular flexibility index (Phi) is 9.14. The molecule has 1 aromatic heterocycles. The first-order valence-corrected chi connectivity index (χ1v) is 15.0. The molecule has 11 nitrogen and oxygen atoms in total. The number of nitrogens with zero attached hydrogens (tertiary/aromatic N) is 5. The molecule has 42 heavy (non-hydrogen) atoms. The predicted molar refractivity (Wildman–Crippen MR) is 162 cm³/mol. The highest BCUT2D eigenvalue weighted by Crippen LogP contribution is 2.32. The molecule has 0 amide bonds. The van der Waals surface area contributed by atoms with Gasteiger partial charge < -0.3 is 15.4 Å². The second kappa shape index (κ2) is 12.6. The van der Waals surface area contributed by atoms with E-state index in [0.29, 0.717) is 29.9 Å². The lowest BCUT2D eigenvalue weighted by Crippen LogP contribution is -2.35. The number of carbonyl (C=O) groups excluding carboxylic acids is 1. The molecule has 0 saturated carbocycles. The number of carbonyl (C=O) groups is 1. The second-order valence-electron chi connectivity index (χ2n) is 10.1. The smallest absolute Gasteiger partial charge is 0.342 e. The molecule has 12 heteroatoms. The molecular weight excluding hydrogens is 556 g/mol. The molecule has 0 spiro atoms. The number of hydrogen-bond donors (Lipinski definition) is 1. The molecule has 1 aliphatic heterocycles. The quantitative estimate of drug-likeness (QED) is 0.308. The summed E-state index contributed by atoms with van der Waals surface area (Å²) in [6.07, 6.45) is 2.67. The highest BCUT2D eigenvalue weighted by atomic mass is 32.2. The summed E-state index contributed by atoms with van der Waals surface area (Å²) in [6.45, 7) is 4.29. The van der Waals surface area contributed by atoms with Crippen LogP contribution in [0.25, 0.3) is 11.1 Å². The lowest BCUT2D eigenvalue weighted by Gasteiger charge is -2.25. The van der Waals surface area contributed by atoms with E-state index in [1.165, 1.54) is 16.4 Å². The number of pyridine rings is 1. The number of aromatic nitrogens is 1. The Hall–Kier alpha value is -4.47. The maximum absolute atomic E-state index is 13.6. The molecule has 1 fully saturated rings.